The van der Waals surface area contributed by atoms with E-state index in [4.69, 9.17) is 24.5 Å². The van der Waals surface area contributed by atoms with Gasteiger partial charge in [-0.1, -0.05) is 5.11 Å². The van der Waals surface area contributed by atoms with E-state index in [-0.39, 0.29) is 0 Å². The maximum Gasteiger partial charge on any atom is 0.170 e. The standard InChI is InChI=1S/C15H25N5O4/c1-20(2)15-14(4-3-5-17-15)24-13-12-23-11-10-22-9-8-21-7-6-18-19-16/h3-5H,6-13H2,1-2H3. The number of pyridine rings is 1. The number of rotatable bonds is 14. The summed E-state index contributed by atoms with van der Waals surface area (Å²) >= 11 is 0. The van der Waals surface area contributed by atoms with E-state index in [1.54, 1.807) is 6.20 Å². The van der Waals surface area contributed by atoms with Crippen LogP contribution in [0.25, 0.3) is 10.4 Å². The highest BCUT2D eigenvalue weighted by Gasteiger charge is 2.05. The summed E-state index contributed by atoms with van der Waals surface area (Å²) in [5.41, 5.74) is 8.08. The monoisotopic (exact) mass is 339 g/mol. The van der Waals surface area contributed by atoms with Gasteiger partial charge in [-0.3, -0.25) is 0 Å². The third kappa shape index (κ3) is 9.16. The van der Waals surface area contributed by atoms with Gasteiger partial charge in [0.25, 0.3) is 0 Å². The lowest BCUT2D eigenvalue weighted by atomic mass is 10.4. The molecule has 24 heavy (non-hydrogen) atoms. The van der Waals surface area contributed by atoms with Crippen molar-refractivity contribution >= 4 is 5.82 Å². The molecule has 134 valence electrons. The van der Waals surface area contributed by atoms with Gasteiger partial charge in [0.15, 0.2) is 11.6 Å². The fourth-order valence-electron chi connectivity index (χ4n) is 1.73. The quantitative estimate of drug-likeness (QED) is 0.222. The third-order valence-corrected chi connectivity index (χ3v) is 2.80. The number of hydrogen-bond donors (Lipinski definition) is 0. The van der Waals surface area contributed by atoms with Crippen LogP contribution in [0.4, 0.5) is 5.82 Å². The van der Waals surface area contributed by atoms with Gasteiger partial charge >= 0.3 is 0 Å². The largest absolute Gasteiger partial charge is 0.487 e. The van der Waals surface area contributed by atoms with Crippen LogP contribution < -0.4 is 9.64 Å². The molecule has 0 aromatic carbocycles. The molecule has 0 atom stereocenters. The number of ether oxygens (including phenoxy) is 4. The zero-order chi connectivity index (χ0) is 17.5. The van der Waals surface area contributed by atoms with Gasteiger partial charge in [0.2, 0.25) is 0 Å². The maximum absolute atomic E-state index is 8.08. The number of nitrogens with zero attached hydrogens (tertiary/aromatic N) is 5. The van der Waals surface area contributed by atoms with Crippen LogP contribution in [0.1, 0.15) is 0 Å². The molecule has 0 N–H and O–H groups in total. The van der Waals surface area contributed by atoms with Crippen molar-refractivity contribution in [2.75, 3.05) is 71.8 Å². The summed E-state index contributed by atoms with van der Waals surface area (Å²) < 4.78 is 21.6. The van der Waals surface area contributed by atoms with Gasteiger partial charge in [0, 0.05) is 31.7 Å². The number of aromatic nitrogens is 1. The molecule has 0 unspecified atom stereocenters. The number of anilines is 1. The molecule has 1 aromatic rings. The van der Waals surface area contributed by atoms with Crippen LogP contribution in [0.5, 0.6) is 5.75 Å². The Morgan fingerprint density at radius 3 is 2.29 bits per heavy atom. The molecule has 0 bridgehead atoms. The molecule has 0 radical (unpaired) electrons. The molecule has 0 aliphatic carbocycles. The third-order valence-electron chi connectivity index (χ3n) is 2.80. The van der Waals surface area contributed by atoms with Gasteiger partial charge in [0.05, 0.1) is 39.6 Å². The van der Waals surface area contributed by atoms with E-state index in [1.165, 1.54) is 0 Å². The summed E-state index contributed by atoms with van der Waals surface area (Å²) in [7, 11) is 3.84. The van der Waals surface area contributed by atoms with Crippen molar-refractivity contribution in [2.24, 2.45) is 5.11 Å². The Kier molecular flexibility index (Phi) is 11.1. The summed E-state index contributed by atoms with van der Waals surface area (Å²) in [6.07, 6.45) is 1.73. The first-order chi connectivity index (χ1) is 11.8. The minimum Gasteiger partial charge on any atom is -0.487 e. The summed E-state index contributed by atoms with van der Waals surface area (Å²) in [4.78, 5) is 8.80. The Bertz CT molecular complexity index is 495. The average molecular weight is 339 g/mol. The van der Waals surface area contributed by atoms with Crippen molar-refractivity contribution in [1.29, 1.82) is 0 Å². The van der Waals surface area contributed by atoms with Crippen molar-refractivity contribution in [3.8, 4) is 5.75 Å². The van der Waals surface area contributed by atoms with Crippen molar-refractivity contribution in [2.45, 2.75) is 0 Å². The molecule has 9 nitrogen and oxygen atoms in total. The second-order valence-electron chi connectivity index (χ2n) is 4.86. The minimum absolute atomic E-state index is 0.339. The zero-order valence-electron chi connectivity index (χ0n) is 14.3. The van der Waals surface area contributed by atoms with E-state index in [0.29, 0.717) is 52.8 Å². The van der Waals surface area contributed by atoms with Crippen LogP contribution in [-0.2, 0) is 14.2 Å². The number of azide groups is 1. The molecule has 0 fully saturated rings. The van der Waals surface area contributed by atoms with Crippen LogP contribution in [-0.4, -0.2) is 71.9 Å². The lowest BCUT2D eigenvalue weighted by molar-refractivity contribution is 0.0106. The Morgan fingerprint density at radius 1 is 1.04 bits per heavy atom. The highest BCUT2D eigenvalue weighted by Crippen LogP contribution is 2.22. The molecule has 0 aliphatic heterocycles. The molecular formula is C15H25N5O4. The fourth-order valence-corrected chi connectivity index (χ4v) is 1.73. The average Bonchev–Trinajstić information content (AvgIpc) is 2.59. The Morgan fingerprint density at radius 2 is 1.67 bits per heavy atom. The molecule has 0 saturated carbocycles. The van der Waals surface area contributed by atoms with Crippen molar-refractivity contribution in [3.05, 3.63) is 28.8 Å². The molecule has 0 amide bonds. The van der Waals surface area contributed by atoms with E-state index in [1.807, 2.05) is 31.1 Å². The van der Waals surface area contributed by atoms with Crippen molar-refractivity contribution in [3.63, 3.8) is 0 Å². The molecule has 9 heteroatoms. The molecule has 0 spiro atoms. The molecular weight excluding hydrogens is 314 g/mol. The smallest absolute Gasteiger partial charge is 0.170 e. The first-order valence-electron chi connectivity index (χ1n) is 7.75. The Balaban J connectivity index is 1.95. The first-order valence-corrected chi connectivity index (χ1v) is 7.75. The highest BCUT2D eigenvalue weighted by molar-refractivity contribution is 5.50. The lowest BCUT2D eigenvalue weighted by Crippen LogP contribution is -2.15. The van der Waals surface area contributed by atoms with Gasteiger partial charge in [-0.2, -0.15) is 0 Å². The van der Waals surface area contributed by atoms with Crippen molar-refractivity contribution in [1.82, 2.24) is 4.98 Å². The summed E-state index contributed by atoms with van der Waals surface area (Å²) in [6, 6.07) is 3.72. The second-order valence-corrected chi connectivity index (χ2v) is 4.86. The van der Waals surface area contributed by atoms with Gasteiger partial charge in [-0.25, -0.2) is 4.98 Å². The van der Waals surface area contributed by atoms with Gasteiger partial charge in [-0.05, 0) is 17.7 Å². The predicted molar refractivity (Wildman–Crippen MR) is 90.5 cm³/mol. The fraction of sp³-hybridized carbons (Fsp3) is 0.667. The molecule has 0 saturated heterocycles. The van der Waals surface area contributed by atoms with Crippen LogP contribution in [0, 0.1) is 0 Å². The molecule has 1 heterocycles. The maximum atomic E-state index is 8.08. The van der Waals surface area contributed by atoms with E-state index >= 15 is 0 Å². The SMILES string of the molecule is CN(C)c1ncccc1OCCOCCOCCOCCN=[N+]=[N-]. The molecule has 1 rings (SSSR count). The van der Waals surface area contributed by atoms with E-state index in [2.05, 4.69) is 15.0 Å². The second kappa shape index (κ2) is 13.4. The van der Waals surface area contributed by atoms with Crippen LogP contribution in [0.15, 0.2) is 23.4 Å². The first kappa shape index (κ1) is 20.0. The zero-order valence-corrected chi connectivity index (χ0v) is 14.3. The molecule has 1 aromatic heterocycles. The minimum atomic E-state index is 0.339. The predicted octanol–water partition coefficient (Wildman–Crippen LogP) is 1.89. The van der Waals surface area contributed by atoms with E-state index in [9.17, 15) is 0 Å². The topological polar surface area (TPSA) is 102 Å². The van der Waals surface area contributed by atoms with Gasteiger partial charge < -0.3 is 23.8 Å². The normalized spacial score (nSPS) is 10.2. The van der Waals surface area contributed by atoms with Gasteiger partial charge in [0.1, 0.15) is 6.61 Å². The van der Waals surface area contributed by atoms with Crippen LogP contribution in [0.2, 0.25) is 0 Å². The molecule has 0 aliphatic rings. The van der Waals surface area contributed by atoms with Gasteiger partial charge in [-0.15, -0.1) is 0 Å². The van der Waals surface area contributed by atoms with Crippen LogP contribution in [0.3, 0.4) is 0 Å². The Labute approximate surface area is 142 Å². The lowest BCUT2D eigenvalue weighted by Gasteiger charge is -2.16. The van der Waals surface area contributed by atoms with Crippen molar-refractivity contribution < 1.29 is 18.9 Å². The van der Waals surface area contributed by atoms with E-state index in [0.717, 1.165) is 11.6 Å². The summed E-state index contributed by atoms with van der Waals surface area (Å²) in [5.74, 6) is 1.53. The highest BCUT2D eigenvalue weighted by atomic mass is 16.6. The summed E-state index contributed by atoms with van der Waals surface area (Å²) in [6.45, 7) is 3.63. The summed E-state index contributed by atoms with van der Waals surface area (Å²) in [5, 5.41) is 3.36. The number of hydrogen-bond acceptors (Lipinski definition) is 7. The van der Waals surface area contributed by atoms with Crippen LogP contribution >= 0.6 is 0 Å². The van der Waals surface area contributed by atoms with E-state index < -0.39 is 0 Å². The Hall–Kier alpha value is -2.06.